The van der Waals surface area contributed by atoms with Crippen LogP contribution in [0.25, 0.3) is 0 Å². The highest BCUT2D eigenvalue weighted by Gasteiger charge is 2.57. The lowest BCUT2D eigenvalue weighted by Gasteiger charge is -2.61. The van der Waals surface area contributed by atoms with E-state index >= 15 is 0 Å². The Kier molecular flexibility index (Phi) is 5.43. The zero-order valence-corrected chi connectivity index (χ0v) is 17.8. The fraction of sp³-hybridized carbons (Fsp3) is 0.600. The number of hydrogen-bond donors (Lipinski definition) is 3. The monoisotopic (exact) mass is 466 g/mol. The summed E-state index contributed by atoms with van der Waals surface area (Å²) in [6.45, 7) is -0.543. The number of hydrogen-bond acceptors (Lipinski definition) is 7. The van der Waals surface area contributed by atoms with E-state index in [-0.39, 0.29) is 41.9 Å². The first-order valence-corrected chi connectivity index (χ1v) is 10.7. The van der Waals surface area contributed by atoms with Crippen LogP contribution in [0.2, 0.25) is 0 Å². The first-order valence-electron chi connectivity index (χ1n) is 10.7. The molecule has 4 fully saturated rings. The summed E-state index contributed by atoms with van der Waals surface area (Å²) >= 11 is 0. The van der Waals surface area contributed by atoms with Gasteiger partial charge in [0, 0.05) is 25.1 Å². The van der Waals surface area contributed by atoms with Gasteiger partial charge < -0.3 is 29.4 Å². The molecule has 0 aromatic carbocycles. The normalized spacial score (nSPS) is 27.6. The molecule has 4 aliphatic rings. The van der Waals surface area contributed by atoms with E-state index in [0.29, 0.717) is 12.1 Å². The molecule has 0 spiro atoms. The maximum absolute atomic E-state index is 12.5. The smallest absolute Gasteiger partial charge is 0.407 e. The third kappa shape index (κ3) is 4.49. The average Bonchev–Trinajstić information content (AvgIpc) is 3.42. The molecule has 2 atom stereocenters. The highest BCUT2D eigenvalue weighted by atomic mass is 19.3. The van der Waals surface area contributed by atoms with Crippen LogP contribution in [0.3, 0.4) is 0 Å². The molecular formula is C20H24F2N6O5. The number of amides is 2. The maximum Gasteiger partial charge on any atom is 0.407 e. The van der Waals surface area contributed by atoms with Crippen LogP contribution in [0.5, 0.6) is 5.88 Å². The molecule has 2 aromatic heterocycles. The average molecular weight is 466 g/mol. The van der Waals surface area contributed by atoms with Crippen LogP contribution in [0, 0.1) is 5.92 Å². The number of aromatic amines is 1. The Bertz CT molecular complexity index is 1040. The lowest BCUT2D eigenvalue weighted by atomic mass is 9.50. The van der Waals surface area contributed by atoms with Gasteiger partial charge in [-0.2, -0.15) is 10.1 Å². The number of alkyl carbamates (subject to hydrolysis) is 1. The third-order valence-electron chi connectivity index (χ3n) is 6.24. The number of imidazole rings is 1. The maximum atomic E-state index is 12.5. The molecule has 1 saturated heterocycles. The molecule has 178 valence electrons. The number of ether oxygens (including phenoxy) is 3. The molecular weight excluding hydrogens is 442 g/mol. The van der Waals surface area contributed by atoms with Gasteiger partial charge in [-0.25, -0.2) is 13.6 Å². The summed E-state index contributed by atoms with van der Waals surface area (Å²) in [5.74, 6) is 0.319. The Labute approximate surface area is 187 Å². The first-order chi connectivity index (χ1) is 15.8. The summed E-state index contributed by atoms with van der Waals surface area (Å²) in [4.78, 5) is 28.5. The molecule has 0 radical (unpaired) electrons. The summed E-state index contributed by atoms with van der Waals surface area (Å²) in [6.07, 6.45) is 1.13. The van der Waals surface area contributed by atoms with Crippen molar-refractivity contribution in [2.45, 2.75) is 49.9 Å². The van der Waals surface area contributed by atoms with Gasteiger partial charge in [-0.05, 0) is 25.2 Å². The second kappa shape index (κ2) is 8.28. The minimum atomic E-state index is -2.64. The van der Waals surface area contributed by atoms with E-state index in [1.165, 1.54) is 10.8 Å². The number of carbonyl (C=O) groups is 2. The van der Waals surface area contributed by atoms with E-state index in [1.807, 2.05) is 0 Å². The van der Waals surface area contributed by atoms with Gasteiger partial charge in [0.1, 0.15) is 12.2 Å². The predicted molar refractivity (Wildman–Crippen MR) is 108 cm³/mol. The number of H-pyrrole nitrogens is 1. The fourth-order valence-electron chi connectivity index (χ4n) is 4.53. The van der Waals surface area contributed by atoms with Crippen LogP contribution in [-0.2, 0) is 16.5 Å². The van der Waals surface area contributed by atoms with Crippen molar-refractivity contribution in [1.29, 1.82) is 0 Å². The molecule has 3 aliphatic carbocycles. The molecule has 2 amide bonds. The molecule has 13 heteroatoms. The first kappa shape index (κ1) is 21.6. The standard InChI is InChI=1S/C20H24F2N6O5/c1-28-7-16(32-9-14(21)22)24-17(28)18(29)23-15-3-12(26-27-15)13-2-11(8-31-13)33-19(30)25-20-4-10(5-20)6-20/h3,7,10-11,13-14H,2,4-6,8-9H2,1H3,(H,25,30)(H2,23,26,27,29)/t10?,11-,13-,20?/m0/s1. The Morgan fingerprint density at radius 2 is 2.18 bits per heavy atom. The fourth-order valence-corrected chi connectivity index (χ4v) is 4.53. The van der Waals surface area contributed by atoms with Crippen molar-refractivity contribution >= 4 is 17.8 Å². The van der Waals surface area contributed by atoms with Gasteiger partial charge in [0.2, 0.25) is 11.7 Å². The van der Waals surface area contributed by atoms with E-state index < -0.39 is 25.0 Å². The van der Waals surface area contributed by atoms with Crippen molar-refractivity contribution in [3.05, 3.63) is 23.8 Å². The lowest BCUT2D eigenvalue weighted by Crippen LogP contribution is -2.68. The minimum absolute atomic E-state index is 0.0240. The van der Waals surface area contributed by atoms with Gasteiger partial charge in [0.05, 0.1) is 18.5 Å². The highest BCUT2D eigenvalue weighted by molar-refractivity contribution is 6.01. The molecule has 3 heterocycles. The Morgan fingerprint density at radius 1 is 1.39 bits per heavy atom. The summed E-state index contributed by atoms with van der Waals surface area (Å²) in [5.41, 5.74) is 0.581. The van der Waals surface area contributed by atoms with E-state index in [2.05, 4.69) is 25.8 Å². The van der Waals surface area contributed by atoms with Gasteiger partial charge in [0.15, 0.2) is 12.4 Å². The van der Waals surface area contributed by atoms with E-state index in [0.717, 1.165) is 25.2 Å². The highest BCUT2D eigenvalue weighted by Crippen LogP contribution is 2.56. The van der Waals surface area contributed by atoms with Crippen LogP contribution < -0.4 is 15.4 Å². The van der Waals surface area contributed by atoms with Crippen LogP contribution >= 0.6 is 0 Å². The second-order valence-electron chi connectivity index (χ2n) is 8.85. The molecule has 3 saturated carbocycles. The molecule has 2 aromatic rings. The number of nitrogens with zero attached hydrogens (tertiary/aromatic N) is 3. The molecule has 6 rings (SSSR count). The number of rotatable bonds is 8. The topological polar surface area (TPSA) is 132 Å². The number of alkyl halides is 2. The summed E-state index contributed by atoms with van der Waals surface area (Å²) in [6, 6.07) is 1.62. The van der Waals surface area contributed by atoms with Crippen LogP contribution in [0.4, 0.5) is 19.4 Å². The molecule has 1 aliphatic heterocycles. The zero-order chi connectivity index (χ0) is 23.2. The van der Waals surface area contributed by atoms with Crippen LogP contribution in [0.1, 0.15) is 48.1 Å². The SMILES string of the molecule is Cn1cc(OCC(F)F)nc1C(=O)Nc1cc([C@@H]2C[C@H](OC(=O)NC34CC(C3)C4)CO2)[nH]n1. The molecule has 33 heavy (non-hydrogen) atoms. The number of halogens is 2. The molecule has 0 unspecified atom stereocenters. The minimum Gasteiger partial charge on any atom is -0.471 e. The predicted octanol–water partition coefficient (Wildman–Crippen LogP) is 2.15. The zero-order valence-electron chi connectivity index (χ0n) is 17.8. The van der Waals surface area contributed by atoms with Crippen molar-refractivity contribution in [3.63, 3.8) is 0 Å². The Hall–Kier alpha value is -3.22. The number of aromatic nitrogens is 4. The molecule has 2 bridgehead atoms. The quantitative estimate of drug-likeness (QED) is 0.543. The van der Waals surface area contributed by atoms with Crippen molar-refractivity contribution in [3.8, 4) is 5.88 Å². The summed E-state index contributed by atoms with van der Waals surface area (Å²) < 4.78 is 42.0. The van der Waals surface area contributed by atoms with Gasteiger partial charge in [-0.15, -0.1) is 0 Å². The summed E-state index contributed by atoms with van der Waals surface area (Å²) in [7, 11) is 1.55. The Balaban J connectivity index is 1.12. The molecule has 11 nitrogen and oxygen atoms in total. The van der Waals surface area contributed by atoms with Crippen molar-refractivity contribution in [1.82, 2.24) is 25.1 Å². The van der Waals surface area contributed by atoms with Gasteiger partial charge in [-0.1, -0.05) is 0 Å². The van der Waals surface area contributed by atoms with E-state index in [4.69, 9.17) is 14.2 Å². The number of nitrogens with one attached hydrogen (secondary N) is 3. The van der Waals surface area contributed by atoms with Crippen molar-refractivity contribution < 1.29 is 32.6 Å². The van der Waals surface area contributed by atoms with Gasteiger partial charge in [-0.3, -0.25) is 9.89 Å². The van der Waals surface area contributed by atoms with Crippen LogP contribution in [0.15, 0.2) is 12.3 Å². The van der Waals surface area contributed by atoms with Crippen LogP contribution in [-0.4, -0.2) is 63.0 Å². The van der Waals surface area contributed by atoms with Crippen molar-refractivity contribution in [2.24, 2.45) is 13.0 Å². The van der Waals surface area contributed by atoms with Crippen molar-refractivity contribution in [2.75, 3.05) is 18.5 Å². The third-order valence-corrected chi connectivity index (χ3v) is 6.24. The van der Waals surface area contributed by atoms with E-state index in [9.17, 15) is 18.4 Å². The lowest BCUT2D eigenvalue weighted by molar-refractivity contribution is -0.0510. The van der Waals surface area contributed by atoms with Gasteiger partial charge >= 0.3 is 6.09 Å². The number of anilines is 1. The second-order valence-corrected chi connectivity index (χ2v) is 8.85. The Morgan fingerprint density at radius 3 is 2.88 bits per heavy atom. The number of carbonyl (C=O) groups excluding carboxylic acids is 2. The van der Waals surface area contributed by atoms with E-state index in [1.54, 1.807) is 13.1 Å². The number of aryl methyl sites for hydroxylation is 1. The van der Waals surface area contributed by atoms with Gasteiger partial charge in [0.25, 0.3) is 12.3 Å². The molecule has 3 N–H and O–H groups in total. The summed E-state index contributed by atoms with van der Waals surface area (Å²) in [5, 5.41) is 12.4. The largest absolute Gasteiger partial charge is 0.471 e.